The van der Waals surface area contributed by atoms with Crippen molar-refractivity contribution < 1.29 is 19.2 Å². The molecule has 1 aromatic carbocycles. The molecular formula is C17H20N4O5. The summed E-state index contributed by atoms with van der Waals surface area (Å²) in [5, 5.41) is 17.9. The number of anilines is 1. The molecule has 0 aliphatic carbocycles. The predicted molar refractivity (Wildman–Crippen MR) is 93.7 cm³/mol. The number of hydrogen-bond donors (Lipinski definition) is 1. The van der Waals surface area contributed by atoms with Gasteiger partial charge in [0.05, 0.1) is 28.4 Å². The van der Waals surface area contributed by atoms with Gasteiger partial charge in [0.1, 0.15) is 0 Å². The summed E-state index contributed by atoms with van der Waals surface area (Å²) in [7, 11) is 1.76. The molecule has 138 valence electrons. The van der Waals surface area contributed by atoms with Crippen LogP contribution >= 0.6 is 0 Å². The molecule has 0 aliphatic heterocycles. The number of carbonyl (C=O) groups is 2. The zero-order valence-corrected chi connectivity index (χ0v) is 15.0. The maximum Gasteiger partial charge on any atom is 0.311 e. The average Bonchev–Trinajstić information content (AvgIpc) is 2.81. The Bertz CT molecular complexity index is 859. The minimum atomic E-state index is -1.05. The highest BCUT2D eigenvalue weighted by molar-refractivity contribution is 5.96. The van der Waals surface area contributed by atoms with Gasteiger partial charge in [-0.2, -0.15) is 5.10 Å². The molecule has 0 fully saturated rings. The van der Waals surface area contributed by atoms with Crippen molar-refractivity contribution >= 4 is 23.3 Å². The third-order valence-electron chi connectivity index (χ3n) is 3.96. The summed E-state index contributed by atoms with van der Waals surface area (Å²) < 4.78 is 6.74. The number of rotatable bonds is 6. The fourth-order valence-electron chi connectivity index (χ4n) is 2.47. The Balaban J connectivity index is 2.01. The first kappa shape index (κ1) is 19.1. The van der Waals surface area contributed by atoms with Crippen LogP contribution in [0.4, 0.5) is 11.4 Å². The largest absolute Gasteiger partial charge is 0.452 e. The van der Waals surface area contributed by atoms with Crippen molar-refractivity contribution in [2.45, 2.75) is 33.3 Å². The van der Waals surface area contributed by atoms with Gasteiger partial charge in [0, 0.05) is 18.7 Å². The van der Waals surface area contributed by atoms with Crippen LogP contribution in [0.1, 0.15) is 23.9 Å². The van der Waals surface area contributed by atoms with E-state index in [0.29, 0.717) is 11.4 Å². The highest BCUT2D eigenvalue weighted by Gasteiger charge is 2.23. The summed E-state index contributed by atoms with van der Waals surface area (Å²) >= 11 is 0. The molecule has 9 nitrogen and oxygen atoms in total. The van der Waals surface area contributed by atoms with E-state index < -0.39 is 22.9 Å². The number of nitrogens with zero attached hydrogens (tertiary/aromatic N) is 3. The van der Waals surface area contributed by atoms with Gasteiger partial charge < -0.3 is 10.1 Å². The van der Waals surface area contributed by atoms with Crippen molar-refractivity contribution in [3.8, 4) is 0 Å². The van der Waals surface area contributed by atoms with Crippen molar-refractivity contribution in [2.24, 2.45) is 7.05 Å². The van der Waals surface area contributed by atoms with Crippen molar-refractivity contribution in [3.05, 3.63) is 51.3 Å². The number of nitro groups is 1. The van der Waals surface area contributed by atoms with Crippen LogP contribution in [-0.4, -0.2) is 32.7 Å². The summed E-state index contributed by atoms with van der Waals surface area (Å²) in [5.74, 6) is -1.22. The van der Waals surface area contributed by atoms with Crippen molar-refractivity contribution in [2.75, 3.05) is 5.32 Å². The van der Waals surface area contributed by atoms with E-state index in [-0.39, 0.29) is 17.7 Å². The second kappa shape index (κ2) is 7.77. The molecule has 0 unspecified atom stereocenters. The van der Waals surface area contributed by atoms with Gasteiger partial charge in [-0.1, -0.05) is 18.2 Å². The van der Waals surface area contributed by atoms with Gasteiger partial charge >= 0.3 is 5.97 Å². The van der Waals surface area contributed by atoms with E-state index in [1.54, 1.807) is 31.6 Å². The number of hydrogen-bond acceptors (Lipinski definition) is 6. The quantitative estimate of drug-likeness (QED) is 0.479. The van der Waals surface area contributed by atoms with Crippen LogP contribution in [0.5, 0.6) is 0 Å². The monoisotopic (exact) mass is 360 g/mol. The van der Waals surface area contributed by atoms with Crippen LogP contribution in [0.2, 0.25) is 0 Å². The fourth-order valence-corrected chi connectivity index (χ4v) is 2.47. The molecule has 9 heteroatoms. The van der Waals surface area contributed by atoms with Gasteiger partial charge in [0.2, 0.25) is 0 Å². The van der Waals surface area contributed by atoms with Crippen molar-refractivity contribution in [1.82, 2.24) is 9.78 Å². The lowest BCUT2D eigenvalue weighted by atomic mass is 10.1. The van der Waals surface area contributed by atoms with Gasteiger partial charge in [-0.25, -0.2) is 0 Å². The van der Waals surface area contributed by atoms with Crippen LogP contribution in [0.15, 0.2) is 24.3 Å². The lowest BCUT2D eigenvalue weighted by Gasteiger charge is -2.14. The number of aryl methyl sites for hydroxylation is 2. The number of benzene rings is 1. The Morgan fingerprint density at radius 2 is 2.00 bits per heavy atom. The molecule has 1 aromatic heterocycles. The first-order chi connectivity index (χ1) is 12.2. The molecule has 2 rings (SSSR count). The number of amides is 1. The highest BCUT2D eigenvalue weighted by Crippen LogP contribution is 2.20. The number of nitrogens with one attached hydrogen (secondary N) is 1. The Labute approximate surface area is 150 Å². The summed E-state index contributed by atoms with van der Waals surface area (Å²) in [6.45, 7) is 5.00. The Kier molecular flexibility index (Phi) is 5.71. The van der Waals surface area contributed by atoms with Crippen LogP contribution in [-0.2, 0) is 27.8 Å². The van der Waals surface area contributed by atoms with Crippen LogP contribution in [0.25, 0.3) is 0 Å². The van der Waals surface area contributed by atoms with E-state index in [9.17, 15) is 19.7 Å². The summed E-state index contributed by atoms with van der Waals surface area (Å²) in [4.78, 5) is 34.7. The molecule has 0 bridgehead atoms. The van der Waals surface area contributed by atoms with E-state index in [1.807, 2.05) is 0 Å². The lowest BCUT2D eigenvalue weighted by Crippen LogP contribution is -2.30. The Morgan fingerprint density at radius 3 is 2.58 bits per heavy atom. The van der Waals surface area contributed by atoms with Crippen molar-refractivity contribution in [1.29, 1.82) is 0 Å². The van der Waals surface area contributed by atoms with Crippen LogP contribution < -0.4 is 5.32 Å². The van der Waals surface area contributed by atoms with Gasteiger partial charge in [-0.05, 0) is 20.8 Å². The number of para-hydroxylation sites is 1. The zero-order valence-electron chi connectivity index (χ0n) is 15.0. The average molecular weight is 360 g/mol. The smallest absolute Gasteiger partial charge is 0.311 e. The summed E-state index contributed by atoms with van der Waals surface area (Å²) in [5.41, 5.74) is 2.06. The van der Waals surface area contributed by atoms with Gasteiger partial charge in [0.15, 0.2) is 6.10 Å². The van der Waals surface area contributed by atoms with Gasteiger partial charge in [-0.15, -0.1) is 0 Å². The third-order valence-corrected chi connectivity index (χ3v) is 3.96. The molecule has 1 heterocycles. The molecular weight excluding hydrogens is 340 g/mol. The number of nitro benzene ring substituents is 1. The predicted octanol–water partition coefficient (Wildman–Crippen LogP) is 2.06. The second-order valence-corrected chi connectivity index (χ2v) is 5.85. The number of esters is 1. The van der Waals surface area contributed by atoms with E-state index in [0.717, 1.165) is 5.69 Å². The van der Waals surface area contributed by atoms with Crippen LogP contribution in [0.3, 0.4) is 0 Å². The molecule has 1 amide bonds. The Hall–Kier alpha value is -3.23. The minimum Gasteiger partial charge on any atom is -0.452 e. The first-order valence-corrected chi connectivity index (χ1v) is 7.93. The Morgan fingerprint density at radius 1 is 1.35 bits per heavy atom. The highest BCUT2D eigenvalue weighted by atomic mass is 16.6. The maximum absolute atomic E-state index is 12.3. The maximum atomic E-state index is 12.3. The molecule has 2 aromatic rings. The summed E-state index contributed by atoms with van der Waals surface area (Å²) in [6.07, 6.45) is -1.34. The van der Waals surface area contributed by atoms with Crippen LogP contribution in [0, 0.1) is 24.0 Å². The lowest BCUT2D eigenvalue weighted by molar-refractivity contribution is -0.385. The molecule has 0 aliphatic rings. The molecule has 0 radical (unpaired) electrons. The van der Waals surface area contributed by atoms with Crippen molar-refractivity contribution in [3.63, 3.8) is 0 Å². The van der Waals surface area contributed by atoms with E-state index in [1.165, 1.54) is 25.1 Å². The topological polar surface area (TPSA) is 116 Å². The molecule has 1 N–H and O–H groups in total. The van der Waals surface area contributed by atoms with E-state index >= 15 is 0 Å². The normalized spacial score (nSPS) is 11.7. The first-order valence-electron chi connectivity index (χ1n) is 7.93. The summed E-state index contributed by atoms with van der Waals surface area (Å²) in [6, 6.07) is 5.90. The van der Waals surface area contributed by atoms with Gasteiger partial charge in [-0.3, -0.25) is 24.4 Å². The standard InChI is InChI=1S/C17H20N4O5/c1-10-16(11(2)20(4)19-10)18-17(23)12(3)26-15(22)9-13-7-5-6-8-14(13)21(24)25/h5-8,12H,9H2,1-4H3,(H,18,23)/t12-/m0/s1. The molecule has 26 heavy (non-hydrogen) atoms. The van der Waals surface area contributed by atoms with E-state index in [4.69, 9.17) is 4.74 Å². The molecule has 1 atom stereocenters. The number of carbonyl (C=O) groups excluding carboxylic acids is 2. The third kappa shape index (κ3) is 4.24. The SMILES string of the molecule is Cc1nn(C)c(C)c1NC(=O)[C@H](C)OC(=O)Cc1ccccc1[N+](=O)[O-]. The number of aromatic nitrogens is 2. The van der Waals surface area contributed by atoms with Gasteiger partial charge in [0.25, 0.3) is 11.6 Å². The second-order valence-electron chi connectivity index (χ2n) is 5.85. The number of ether oxygens (including phenoxy) is 1. The van der Waals surface area contributed by atoms with E-state index in [2.05, 4.69) is 10.4 Å². The molecule has 0 saturated heterocycles. The molecule has 0 saturated carbocycles. The minimum absolute atomic E-state index is 0.164. The fraction of sp³-hybridized carbons (Fsp3) is 0.353. The zero-order chi connectivity index (χ0) is 19.4. The molecule has 0 spiro atoms.